The molecule has 0 saturated carbocycles. The summed E-state index contributed by atoms with van der Waals surface area (Å²) in [4.78, 5) is 0. The second-order valence-corrected chi connectivity index (χ2v) is 10.7. The van der Waals surface area contributed by atoms with Crippen LogP contribution in [-0.4, -0.2) is 13.7 Å². The smallest absolute Gasteiger partial charge is 0.233 e. The van der Waals surface area contributed by atoms with Gasteiger partial charge in [-0.25, -0.2) is 27.4 Å². The average Bonchev–Trinajstić information content (AvgIpc) is 3.58. The van der Waals surface area contributed by atoms with Gasteiger partial charge in [-0.15, -0.1) is 0 Å². The Hall–Kier alpha value is -3.93. The summed E-state index contributed by atoms with van der Waals surface area (Å²) in [6.45, 7) is 12.2. The number of nitrogens with zero attached hydrogens (tertiary/aromatic N) is 6. The summed E-state index contributed by atoms with van der Waals surface area (Å²) in [6, 6.07) is 7.11. The summed E-state index contributed by atoms with van der Waals surface area (Å²) in [6.07, 6.45) is 20.1. The molecule has 36 heavy (non-hydrogen) atoms. The molecule has 0 spiro atoms. The maximum Gasteiger partial charge on any atom is 0.244 e. The van der Waals surface area contributed by atoms with Crippen molar-refractivity contribution in [1.82, 2.24) is 13.7 Å². The Kier molecular flexibility index (Phi) is 4.78. The maximum absolute atomic E-state index is 2.37. The van der Waals surface area contributed by atoms with E-state index in [0.717, 1.165) is 39.3 Å². The molecule has 0 atom stereocenters. The van der Waals surface area contributed by atoms with Gasteiger partial charge in [0.2, 0.25) is 19.0 Å². The highest BCUT2D eigenvalue weighted by atomic mass is 15.1. The molecule has 0 radical (unpaired) electrons. The van der Waals surface area contributed by atoms with Gasteiger partial charge in [-0.05, 0) is 72.4 Å². The fourth-order valence-corrected chi connectivity index (χ4v) is 6.27. The van der Waals surface area contributed by atoms with E-state index in [1.54, 1.807) is 0 Å². The first kappa shape index (κ1) is 21.4. The summed E-state index contributed by atoms with van der Waals surface area (Å²) in [5.74, 6) is 0. The van der Waals surface area contributed by atoms with Crippen LogP contribution in [0.2, 0.25) is 0 Å². The zero-order valence-electron chi connectivity index (χ0n) is 21.4. The first-order chi connectivity index (χ1) is 17.5. The van der Waals surface area contributed by atoms with E-state index in [0.29, 0.717) is 0 Å². The highest BCUT2D eigenvalue weighted by molar-refractivity contribution is 5.51. The molecule has 8 rings (SSSR count). The summed E-state index contributed by atoms with van der Waals surface area (Å²) in [7, 11) is 0. The largest absolute Gasteiger partial charge is 0.244 e. The molecule has 2 aromatic carbocycles. The quantitative estimate of drug-likeness (QED) is 0.301. The Morgan fingerprint density at radius 2 is 0.806 bits per heavy atom. The van der Waals surface area contributed by atoms with Crippen LogP contribution in [0.1, 0.15) is 50.1 Å². The van der Waals surface area contributed by atoms with E-state index < -0.39 is 0 Å². The third-order valence-corrected chi connectivity index (χ3v) is 8.18. The van der Waals surface area contributed by atoms with Gasteiger partial charge in [-0.3, -0.25) is 0 Å². The zero-order valence-corrected chi connectivity index (χ0v) is 21.4. The average molecular weight is 478 g/mol. The van der Waals surface area contributed by atoms with Gasteiger partial charge in [0, 0.05) is 16.7 Å². The summed E-state index contributed by atoms with van der Waals surface area (Å²) in [5, 5.41) is 0. The monoisotopic (exact) mass is 477 g/mol. The first-order valence-corrected chi connectivity index (χ1v) is 12.8. The molecule has 0 unspecified atom stereocenters. The van der Waals surface area contributed by atoms with E-state index in [9.17, 15) is 0 Å². The Labute approximate surface area is 211 Å². The third-order valence-electron chi connectivity index (χ3n) is 8.18. The molecule has 12 bridgehead atoms. The molecule has 0 fully saturated rings. The molecule has 6 nitrogen and oxygen atoms in total. The second-order valence-electron chi connectivity index (χ2n) is 10.7. The molecule has 3 aromatic heterocycles. The molecular formula is C30H33N6+3. The summed E-state index contributed by atoms with van der Waals surface area (Å²) < 4.78 is 14.0. The van der Waals surface area contributed by atoms with Crippen LogP contribution in [0.4, 0.5) is 0 Å². The molecule has 3 aliphatic heterocycles. The van der Waals surface area contributed by atoms with E-state index in [-0.39, 0.29) is 0 Å². The molecule has 180 valence electrons. The van der Waals surface area contributed by atoms with Crippen LogP contribution in [0.25, 0.3) is 0 Å². The molecule has 0 aliphatic carbocycles. The number of benzene rings is 2. The lowest BCUT2D eigenvalue weighted by atomic mass is 9.87. The van der Waals surface area contributed by atoms with Gasteiger partial charge in [0.25, 0.3) is 0 Å². The van der Waals surface area contributed by atoms with Gasteiger partial charge in [-0.2, -0.15) is 0 Å². The van der Waals surface area contributed by atoms with Crippen LogP contribution in [0.5, 0.6) is 0 Å². The third kappa shape index (κ3) is 3.68. The van der Waals surface area contributed by atoms with Crippen molar-refractivity contribution in [2.75, 3.05) is 0 Å². The topological polar surface area (TPSA) is 26.4 Å². The van der Waals surface area contributed by atoms with Crippen molar-refractivity contribution >= 4 is 0 Å². The maximum atomic E-state index is 2.37. The first-order valence-electron chi connectivity index (χ1n) is 12.8. The van der Waals surface area contributed by atoms with E-state index in [4.69, 9.17) is 0 Å². The van der Waals surface area contributed by atoms with Crippen LogP contribution < -0.4 is 13.7 Å². The van der Waals surface area contributed by atoms with Crippen LogP contribution in [0.15, 0.2) is 74.4 Å². The minimum atomic E-state index is 0.869. The highest BCUT2D eigenvalue weighted by Gasteiger charge is 2.23. The van der Waals surface area contributed by atoms with Crippen molar-refractivity contribution in [3.05, 3.63) is 124 Å². The molecule has 0 amide bonds. The molecule has 6 heteroatoms. The Morgan fingerprint density at radius 1 is 0.500 bits per heavy atom. The molecule has 3 aliphatic rings. The van der Waals surface area contributed by atoms with Gasteiger partial charge in [-0.1, -0.05) is 0 Å². The van der Waals surface area contributed by atoms with Crippen LogP contribution in [0.3, 0.4) is 0 Å². The lowest BCUT2D eigenvalue weighted by Gasteiger charge is -2.20. The summed E-state index contributed by atoms with van der Waals surface area (Å²) >= 11 is 0. The van der Waals surface area contributed by atoms with E-state index in [1.807, 2.05) is 0 Å². The predicted octanol–water partition coefficient (Wildman–Crippen LogP) is 2.80. The molecular weight excluding hydrogens is 444 g/mol. The van der Waals surface area contributed by atoms with E-state index in [1.165, 1.54) is 50.1 Å². The Bertz CT molecular complexity index is 1400. The van der Waals surface area contributed by atoms with Crippen molar-refractivity contribution in [2.24, 2.45) is 0 Å². The lowest BCUT2D eigenvalue weighted by molar-refractivity contribution is -0.689. The van der Waals surface area contributed by atoms with Gasteiger partial charge in [0.15, 0.2) is 0 Å². The normalized spacial score (nSPS) is 14.4. The number of rotatable bonds is 0. The molecule has 0 saturated heterocycles. The zero-order chi connectivity index (χ0) is 24.4. The summed E-state index contributed by atoms with van der Waals surface area (Å²) in [5.41, 5.74) is 12.6. The van der Waals surface area contributed by atoms with Crippen molar-refractivity contribution in [1.29, 1.82) is 0 Å². The van der Waals surface area contributed by atoms with Crippen molar-refractivity contribution < 1.29 is 13.7 Å². The number of imidazole rings is 3. The predicted molar refractivity (Wildman–Crippen MR) is 136 cm³/mol. The minimum Gasteiger partial charge on any atom is -0.233 e. The molecule has 6 heterocycles. The van der Waals surface area contributed by atoms with Gasteiger partial charge < -0.3 is 0 Å². The second kappa shape index (κ2) is 8.05. The fraction of sp³-hybridized carbons (Fsp3) is 0.300. The fourth-order valence-electron chi connectivity index (χ4n) is 6.27. The molecule has 0 N–H and O–H groups in total. The Morgan fingerprint density at radius 3 is 1.11 bits per heavy atom. The van der Waals surface area contributed by atoms with Crippen molar-refractivity contribution in [2.45, 2.75) is 60.0 Å². The van der Waals surface area contributed by atoms with Crippen molar-refractivity contribution in [3.8, 4) is 0 Å². The lowest BCUT2D eigenvalue weighted by Crippen LogP contribution is -2.35. The Balaban J connectivity index is 1.53. The van der Waals surface area contributed by atoms with Crippen LogP contribution >= 0.6 is 0 Å². The van der Waals surface area contributed by atoms with Crippen LogP contribution in [-0.2, 0) is 39.3 Å². The SMILES string of the molecule is Cc1c2c(C)c3c(C)c1Cn1cc[n+](c1)Cc1cc(cc(c1)C[n+]1ccn(c1)C3)C[n+]1ccn(c1)C2. The van der Waals surface area contributed by atoms with Gasteiger partial charge in [0.1, 0.15) is 76.4 Å². The van der Waals surface area contributed by atoms with Crippen LogP contribution in [0, 0.1) is 20.8 Å². The standard InChI is InChI=1S/C30H33N6/c1-22-28-16-34-7-4-31(19-34)13-25-10-26-12-27(11-25)15-33-6-9-36(21-33)18-30(23(28)2)24(3)29(22)17-35-8-5-32(14-26)20-35/h4-12,19-21H,13-18H2,1-3H3/q+3. The highest BCUT2D eigenvalue weighted by Crippen LogP contribution is 2.29. The van der Waals surface area contributed by atoms with Gasteiger partial charge >= 0.3 is 0 Å². The number of hydrogen-bond donors (Lipinski definition) is 0. The van der Waals surface area contributed by atoms with E-state index >= 15 is 0 Å². The number of aromatic nitrogens is 6. The van der Waals surface area contributed by atoms with Crippen molar-refractivity contribution in [3.63, 3.8) is 0 Å². The van der Waals surface area contributed by atoms with Gasteiger partial charge in [0.05, 0.1) is 0 Å². The van der Waals surface area contributed by atoms with E-state index in [2.05, 4.69) is 123 Å². The number of hydrogen-bond acceptors (Lipinski definition) is 0. The minimum absolute atomic E-state index is 0.869. The molecule has 5 aromatic rings.